The maximum atomic E-state index is 12.2. The van der Waals surface area contributed by atoms with Gasteiger partial charge in [-0.05, 0) is 29.9 Å². The number of benzene rings is 1. The number of amides is 1. The van der Waals surface area contributed by atoms with Gasteiger partial charge in [0.05, 0.1) is 6.04 Å². The molecule has 1 aromatic rings. The van der Waals surface area contributed by atoms with Crippen molar-refractivity contribution in [1.82, 2.24) is 0 Å². The Hall–Kier alpha value is -1.35. The first-order chi connectivity index (χ1) is 8.88. The highest BCUT2D eigenvalue weighted by Crippen LogP contribution is 2.27. The first-order valence-corrected chi connectivity index (χ1v) is 7.04. The molecule has 0 aliphatic carbocycles. The van der Waals surface area contributed by atoms with E-state index in [9.17, 15) is 4.79 Å². The van der Waals surface area contributed by atoms with Gasteiger partial charge in [-0.2, -0.15) is 0 Å². The molecule has 0 bridgehead atoms. The van der Waals surface area contributed by atoms with Gasteiger partial charge in [0.2, 0.25) is 5.91 Å². The summed E-state index contributed by atoms with van der Waals surface area (Å²) < 4.78 is 0. The summed E-state index contributed by atoms with van der Waals surface area (Å²) >= 11 is 0. The van der Waals surface area contributed by atoms with Crippen molar-refractivity contribution in [2.45, 2.75) is 53.0 Å². The molecule has 106 valence electrons. The Bertz CT molecular complexity index is 440. The van der Waals surface area contributed by atoms with E-state index in [1.807, 2.05) is 32.9 Å². The average Bonchev–Trinajstić information content (AvgIpc) is 2.38. The molecule has 0 unspecified atom stereocenters. The van der Waals surface area contributed by atoms with Crippen molar-refractivity contribution in [1.29, 1.82) is 0 Å². The summed E-state index contributed by atoms with van der Waals surface area (Å²) in [5.41, 5.74) is 9.14. The third-order valence-corrected chi connectivity index (χ3v) is 3.73. The summed E-state index contributed by atoms with van der Waals surface area (Å²) in [4.78, 5) is 12.2. The van der Waals surface area contributed by atoms with Crippen LogP contribution in [0.1, 0.15) is 51.2 Å². The van der Waals surface area contributed by atoms with E-state index in [0.717, 1.165) is 23.2 Å². The predicted octanol–water partition coefficient (Wildman–Crippen LogP) is 3.43. The molecule has 0 aromatic heterocycles. The van der Waals surface area contributed by atoms with Crippen molar-refractivity contribution >= 4 is 11.6 Å². The minimum absolute atomic E-state index is 0.0921. The maximum Gasteiger partial charge on any atom is 0.241 e. The average molecular weight is 262 g/mol. The van der Waals surface area contributed by atoms with Gasteiger partial charge < -0.3 is 11.1 Å². The standard InChI is InChI=1S/C16H26N2O/c1-6-11(4)14(17)16(19)18-15-12(5)8-7-9-13(15)10(2)3/h7-11,14H,6,17H2,1-5H3,(H,18,19)/t11-,14-/m0/s1. The summed E-state index contributed by atoms with van der Waals surface area (Å²) in [6, 6.07) is 5.64. The van der Waals surface area contributed by atoms with Gasteiger partial charge in [0.15, 0.2) is 0 Å². The van der Waals surface area contributed by atoms with Gasteiger partial charge in [-0.15, -0.1) is 0 Å². The van der Waals surface area contributed by atoms with Crippen LogP contribution in [-0.4, -0.2) is 11.9 Å². The molecule has 1 aromatic carbocycles. The lowest BCUT2D eigenvalue weighted by Crippen LogP contribution is -2.41. The number of hydrogen-bond donors (Lipinski definition) is 2. The number of anilines is 1. The highest BCUT2D eigenvalue weighted by atomic mass is 16.2. The number of carbonyl (C=O) groups is 1. The molecule has 0 spiro atoms. The summed E-state index contributed by atoms with van der Waals surface area (Å²) in [6.07, 6.45) is 0.902. The van der Waals surface area contributed by atoms with Crippen LogP contribution in [-0.2, 0) is 4.79 Å². The van der Waals surface area contributed by atoms with Gasteiger partial charge in [-0.3, -0.25) is 4.79 Å². The van der Waals surface area contributed by atoms with Crippen molar-refractivity contribution < 1.29 is 4.79 Å². The normalized spacial score (nSPS) is 14.3. The van der Waals surface area contributed by atoms with Crippen LogP contribution in [0.5, 0.6) is 0 Å². The third kappa shape index (κ3) is 3.80. The largest absolute Gasteiger partial charge is 0.324 e. The zero-order chi connectivity index (χ0) is 14.6. The molecule has 2 atom stereocenters. The first-order valence-electron chi connectivity index (χ1n) is 7.04. The predicted molar refractivity (Wildman–Crippen MR) is 81.3 cm³/mol. The number of carbonyl (C=O) groups excluding carboxylic acids is 1. The lowest BCUT2D eigenvalue weighted by atomic mass is 9.96. The van der Waals surface area contributed by atoms with E-state index >= 15 is 0 Å². The third-order valence-electron chi connectivity index (χ3n) is 3.73. The Morgan fingerprint density at radius 3 is 2.47 bits per heavy atom. The van der Waals surface area contributed by atoms with Crippen molar-refractivity contribution in [2.75, 3.05) is 5.32 Å². The van der Waals surface area contributed by atoms with E-state index in [-0.39, 0.29) is 11.8 Å². The van der Waals surface area contributed by atoms with Crippen LogP contribution < -0.4 is 11.1 Å². The molecule has 0 saturated carbocycles. The lowest BCUT2D eigenvalue weighted by molar-refractivity contribution is -0.118. The number of hydrogen-bond acceptors (Lipinski definition) is 2. The number of nitrogens with one attached hydrogen (secondary N) is 1. The summed E-state index contributed by atoms with van der Waals surface area (Å²) in [5, 5.41) is 3.01. The van der Waals surface area contributed by atoms with Gasteiger partial charge in [-0.25, -0.2) is 0 Å². The molecule has 3 heteroatoms. The minimum atomic E-state index is -0.454. The second kappa shape index (κ2) is 6.71. The van der Waals surface area contributed by atoms with E-state index < -0.39 is 6.04 Å². The molecule has 0 heterocycles. The molecule has 0 aliphatic rings. The number of para-hydroxylation sites is 1. The van der Waals surface area contributed by atoms with E-state index in [1.54, 1.807) is 0 Å². The van der Waals surface area contributed by atoms with Crippen molar-refractivity contribution in [2.24, 2.45) is 11.7 Å². The Balaban J connectivity index is 2.96. The van der Waals surface area contributed by atoms with E-state index in [2.05, 4.69) is 25.2 Å². The quantitative estimate of drug-likeness (QED) is 0.854. The summed E-state index contributed by atoms with van der Waals surface area (Å²) in [5.74, 6) is 0.465. The molecular weight excluding hydrogens is 236 g/mol. The minimum Gasteiger partial charge on any atom is -0.324 e. The molecule has 3 N–H and O–H groups in total. The second-order valence-corrected chi connectivity index (χ2v) is 5.59. The Morgan fingerprint density at radius 1 is 1.32 bits per heavy atom. The van der Waals surface area contributed by atoms with Gasteiger partial charge in [0.25, 0.3) is 0 Å². The fraction of sp³-hybridized carbons (Fsp3) is 0.562. The summed E-state index contributed by atoms with van der Waals surface area (Å²) in [6.45, 7) is 10.3. The van der Waals surface area contributed by atoms with Gasteiger partial charge >= 0.3 is 0 Å². The smallest absolute Gasteiger partial charge is 0.241 e. The SMILES string of the molecule is CC[C@H](C)[C@H](N)C(=O)Nc1c(C)cccc1C(C)C. The molecule has 0 fully saturated rings. The molecule has 0 radical (unpaired) electrons. The lowest BCUT2D eigenvalue weighted by Gasteiger charge is -2.21. The molecule has 19 heavy (non-hydrogen) atoms. The van der Waals surface area contributed by atoms with Crippen LogP contribution in [0.15, 0.2) is 18.2 Å². The Kier molecular flexibility index (Phi) is 5.55. The van der Waals surface area contributed by atoms with Crippen LogP contribution >= 0.6 is 0 Å². The Morgan fingerprint density at radius 2 is 1.95 bits per heavy atom. The van der Waals surface area contributed by atoms with Crippen LogP contribution in [0.3, 0.4) is 0 Å². The number of rotatable bonds is 5. The summed E-state index contributed by atoms with van der Waals surface area (Å²) in [7, 11) is 0. The number of nitrogens with two attached hydrogens (primary N) is 1. The number of aryl methyl sites for hydroxylation is 1. The molecular formula is C16H26N2O. The van der Waals surface area contributed by atoms with E-state index in [4.69, 9.17) is 5.73 Å². The van der Waals surface area contributed by atoms with Gasteiger partial charge in [0, 0.05) is 5.69 Å². The van der Waals surface area contributed by atoms with Crippen molar-refractivity contribution in [3.8, 4) is 0 Å². The highest BCUT2D eigenvalue weighted by Gasteiger charge is 2.21. The van der Waals surface area contributed by atoms with Crippen LogP contribution in [0.4, 0.5) is 5.69 Å². The Labute approximate surface area is 116 Å². The monoisotopic (exact) mass is 262 g/mol. The van der Waals surface area contributed by atoms with Crippen LogP contribution in [0.2, 0.25) is 0 Å². The second-order valence-electron chi connectivity index (χ2n) is 5.59. The fourth-order valence-corrected chi connectivity index (χ4v) is 2.06. The zero-order valence-electron chi connectivity index (χ0n) is 12.7. The van der Waals surface area contributed by atoms with Crippen LogP contribution in [0, 0.1) is 12.8 Å². The highest BCUT2D eigenvalue weighted by molar-refractivity contribution is 5.96. The zero-order valence-corrected chi connectivity index (χ0v) is 12.7. The van der Waals surface area contributed by atoms with Crippen molar-refractivity contribution in [3.05, 3.63) is 29.3 Å². The van der Waals surface area contributed by atoms with Gasteiger partial charge in [-0.1, -0.05) is 52.3 Å². The first kappa shape index (κ1) is 15.7. The fourth-order valence-electron chi connectivity index (χ4n) is 2.06. The molecule has 3 nitrogen and oxygen atoms in total. The molecule has 1 rings (SSSR count). The molecule has 1 amide bonds. The van der Waals surface area contributed by atoms with Crippen LogP contribution in [0.25, 0.3) is 0 Å². The van der Waals surface area contributed by atoms with E-state index in [1.165, 1.54) is 0 Å². The van der Waals surface area contributed by atoms with Crippen molar-refractivity contribution in [3.63, 3.8) is 0 Å². The topological polar surface area (TPSA) is 55.1 Å². The van der Waals surface area contributed by atoms with Gasteiger partial charge in [0.1, 0.15) is 0 Å². The van der Waals surface area contributed by atoms with E-state index in [0.29, 0.717) is 5.92 Å². The molecule has 0 aliphatic heterocycles. The molecule has 0 saturated heterocycles. The maximum absolute atomic E-state index is 12.2.